The molecule has 23 heavy (non-hydrogen) atoms. The second kappa shape index (κ2) is 8.36. The van der Waals surface area contributed by atoms with Gasteiger partial charge in [0.25, 0.3) is 0 Å². The van der Waals surface area contributed by atoms with Gasteiger partial charge in [-0.2, -0.15) is 0 Å². The highest BCUT2D eigenvalue weighted by atomic mass is 127. The number of guanidine groups is 1. The average molecular weight is 455 g/mol. The SMILES string of the molecule is CC1CCCCC1NC(=NCC1CCS(=O)(=O)C1)NC1CC1.I. The van der Waals surface area contributed by atoms with Gasteiger partial charge in [0.05, 0.1) is 11.5 Å². The number of aliphatic imine (C=N–C) groups is 1. The fourth-order valence-corrected chi connectivity index (χ4v) is 5.35. The zero-order chi connectivity index (χ0) is 15.6. The Balaban J connectivity index is 0.00000192. The molecule has 0 amide bonds. The summed E-state index contributed by atoms with van der Waals surface area (Å²) >= 11 is 0. The topological polar surface area (TPSA) is 70.6 Å². The van der Waals surface area contributed by atoms with Crippen LogP contribution in [0.1, 0.15) is 51.9 Å². The van der Waals surface area contributed by atoms with Crippen LogP contribution in [0.15, 0.2) is 4.99 Å². The molecule has 0 spiro atoms. The van der Waals surface area contributed by atoms with E-state index in [1.54, 1.807) is 0 Å². The quantitative estimate of drug-likeness (QED) is 0.388. The van der Waals surface area contributed by atoms with Crippen molar-refractivity contribution in [3.63, 3.8) is 0 Å². The molecule has 2 N–H and O–H groups in total. The monoisotopic (exact) mass is 455 g/mol. The normalized spacial score (nSPS) is 33.8. The lowest BCUT2D eigenvalue weighted by Gasteiger charge is -2.31. The molecule has 0 radical (unpaired) electrons. The molecule has 7 heteroatoms. The average Bonchev–Trinajstić information content (AvgIpc) is 3.21. The number of rotatable bonds is 4. The standard InChI is InChI=1S/C16H29N3O2S.HI/c1-12-4-2-3-5-15(12)19-16(18-14-6-7-14)17-10-13-8-9-22(20,21)11-13;/h12-15H,2-11H2,1H3,(H2,17,18,19);1H. The molecule has 0 aromatic rings. The third kappa shape index (κ3) is 6.07. The van der Waals surface area contributed by atoms with Crippen LogP contribution in [0.25, 0.3) is 0 Å². The van der Waals surface area contributed by atoms with Gasteiger partial charge in [0.2, 0.25) is 0 Å². The summed E-state index contributed by atoms with van der Waals surface area (Å²) in [7, 11) is -2.80. The van der Waals surface area contributed by atoms with Gasteiger partial charge >= 0.3 is 0 Å². The fraction of sp³-hybridized carbons (Fsp3) is 0.938. The van der Waals surface area contributed by atoms with Crippen LogP contribution in [0.5, 0.6) is 0 Å². The van der Waals surface area contributed by atoms with Crippen molar-refractivity contribution >= 4 is 39.8 Å². The van der Waals surface area contributed by atoms with Crippen LogP contribution in [0.3, 0.4) is 0 Å². The molecule has 3 aliphatic rings. The third-order valence-electron chi connectivity index (χ3n) is 5.19. The van der Waals surface area contributed by atoms with Crippen LogP contribution in [0, 0.1) is 11.8 Å². The Kier molecular flexibility index (Phi) is 7.01. The van der Waals surface area contributed by atoms with Gasteiger partial charge in [-0.1, -0.05) is 19.8 Å². The molecule has 1 saturated heterocycles. The van der Waals surface area contributed by atoms with Gasteiger partial charge in [-0.15, -0.1) is 24.0 Å². The lowest BCUT2D eigenvalue weighted by Crippen LogP contribution is -2.48. The highest BCUT2D eigenvalue weighted by molar-refractivity contribution is 14.0. The maximum atomic E-state index is 11.6. The van der Waals surface area contributed by atoms with E-state index in [1.165, 1.54) is 38.5 Å². The van der Waals surface area contributed by atoms with Crippen molar-refractivity contribution in [1.29, 1.82) is 0 Å². The molecule has 3 atom stereocenters. The summed E-state index contributed by atoms with van der Waals surface area (Å²) < 4.78 is 23.1. The highest BCUT2D eigenvalue weighted by Gasteiger charge is 2.29. The predicted octanol–water partition coefficient (Wildman–Crippen LogP) is 2.32. The van der Waals surface area contributed by atoms with Crippen molar-refractivity contribution in [3.05, 3.63) is 0 Å². The van der Waals surface area contributed by atoms with E-state index in [9.17, 15) is 8.42 Å². The number of nitrogens with zero attached hydrogens (tertiary/aromatic N) is 1. The number of nitrogens with one attached hydrogen (secondary N) is 2. The predicted molar refractivity (Wildman–Crippen MR) is 105 cm³/mol. The van der Waals surface area contributed by atoms with E-state index in [2.05, 4.69) is 17.6 Å². The van der Waals surface area contributed by atoms with Gasteiger partial charge < -0.3 is 10.6 Å². The molecule has 3 fully saturated rings. The third-order valence-corrected chi connectivity index (χ3v) is 7.02. The van der Waals surface area contributed by atoms with Crippen molar-refractivity contribution in [2.45, 2.75) is 64.0 Å². The van der Waals surface area contributed by atoms with E-state index in [-0.39, 0.29) is 29.9 Å². The van der Waals surface area contributed by atoms with Gasteiger partial charge in [0, 0.05) is 18.6 Å². The maximum Gasteiger partial charge on any atom is 0.191 e. The smallest absolute Gasteiger partial charge is 0.191 e. The van der Waals surface area contributed by atoms with Crippen molar-refractivity contribution in [2.24, 2.45) is 16.8 Å². The van der Waals surface area contributed by atoms with Crippen LogP contribution < -0.4 is 10.6 Å². The number of hydrogen-bond acceptors (Lipinski definition) is 3. The molecule has 3 rings (SSSR count). The first-order chi connectivity index (χ1) is 10.5. The first kappa shape index (κ1) is 19.3. The van der Waals surface area contributed by atoms with E-state index >= 15 is 0 Å². The summed E-state index contributed by atoms with van der Waals surface area (Å²) in [6.07, 6.45) is 8.33. The maximum absolute atomic E-state index is 11.6. The second-order valence-electron chi connectivity index (χ2n) is 7.39. The zero-order valence-corrected chi connectivity index (χ0v) is 17.1. The lowest BCUT2D eigenvalue weighted by atomic mass is 9.86. The minimum atomic E-state index is -2.80. The van der Waals surface area contributed by atoms with Crippen molar-refractivity contribution in [2.75, 3.05) is 18.1 Å². The zero-order valence-electron chi connectivity index (χ0n) is 14.0. The van der Waals surface area contributed by atoms with Gasteiger partial charge in [0.1, 0.15) is 0 Å². The second-order valence-corrected chi connectivity index (χ2v) is 9.62. The van der Waals surface area contributed by atoms with E-state index in [0.717, 1.165) is 12.4 Å². The highest BCUT2D eigenvalue weighted by Crippen LogP contribution is 2.24. The number of hydrogen-bond donors (Lipinski definition) is 2. The Morgan fingerprint density at radius 1 is 1.09 bits per heavy atom. The van der Waals surface area contributed by atoms with Gasteiger partial charge in [-0.05, 0) is 43.9 Å². The van der Waals surface area contributed by atoms with E-state index < -0.39 is 9.84 Å². The summed E-state index contributed by atoms with van der Waals surface area (Å²) in [5.41, 5.74) is 0. The largest absolute Gasteiger partial charge is 0.354 e. The summed E-state index contributed by atoms with van der Waals surface area (Å²) in [6, 6.07) is 1.07. The molecule has 2 aliphatic carbocycles. The Morgan fingerprint density at radius 2 is 1.83 bits per heavy atom. The van der Waals surface area contributed by atoms with Crippen LogP contribution in [0.4, 0.5) is 0 Å². The summed E-state index contributed by atoms with van der Waals surface area (Å²) in [5, 5.41) is 7.10. The molecule has 0 bridgehead atoms. The molecule has 134 valence electrons. The van der Waals surface area contributed by atoms with Crippen LogP contribution in [-0.4, -0.2) is 44.5 Å². The molecule has 3 unspecified atom stereocenters. The van der Waals surface area contributed by atoms with Crippen molar-refractivity contribution in [1.82, 2.24) is 10.6 Å². The number of halogens is 1. The number of sulfone groups is 1. The van der Waals surface area contributed by atoms with Crippen LogP contribution in [0.2, 0.25) is 0 Å². The minimum absolute atomic E-state index is 0. The summed E-state index contributed by atoms with van der Waals surface area (Å²) in [4.78, 5) is 4.71. The van der Waals surface area contributed by atoms with Crippen LogP contribution >= 0.6 is 24.0 Å². The first-order valence-corrected chi connectivity index (χ1v) is 10.6. The van der Waals surface area contributed by atoms with Gasteiger partial charge in [-0.3, -0.25) is 4.99 Å². The molecule has 2 saturated carbocycles. The Morgan fingerprint density at radius 3 is 2.43 bits per heavy atom. The molecule has 0 aromatic heterocycles. The van der Waals surface area contributed by atoms with E-state index in [1.807, 2.05) is 0 Å². The Hall–Kier alpha value is -0.0500. The van der Waals surface area contributed by atoms with E-state index in [0.29, 0.717) is 36.1 Å². The van der Waals surface area contributed by atoms with Crippen molar-refractivity contribution in [3.8, 4) is 0 Å². The van der Waals surface area contributed by atoms with Crippen LogP contribution in [-0.2, 0) is 9.84 Å². The van der Waals surface area contributed by atoms with E-state index in [4.69, 9.17) is 4.99 Å². The molecule has 1 heterocycles. The molecular formula is C16H30IN3O2S. The Bertz CT molecular complexity index is 519. The first-order valence-electron chi connectivity index (χ1n) is 8.80. The van der Waals surface area contributed by atoms with Crippen molar-refractivity contribution < 1.29 is 8.42 Å². The Labute approximate surface area is 157 Å². The lowest BCUT2D eigenvalue weighted by molar-refractivity contribution is 0.306. The van der Waals surface area contributed by atoms with Gasteiger partial charge in [-0.25, -0.2) is 8.42 Å². The molecule has 0 aromatic carbocycles. The molecular weight excluding hydrogens is 425 g/mol. The summed E-state index contributed by atoms with van der Waals surface area (Å²) in [6.45, 7) is 2.94. The minimum Gasteiger partial charge on any atom is -0.354 e. The molecule has 5 nitrogen and oxygen atoms in total. The van der Waals surface area contributed by atoms with Gasteiger partial charge in [0.15, 0.2) is 15.8 Å². The fourth-order valence-electron chi connectivity index (χ4n) is 3.50. The molecule has 1 aliphatic heterocycles. The summed E-state index contributed by atoms with van der Waals surface area (Å²) in [5.74, 6) is 2.45.